The van der Waals surface area contributed by atoms with Gasteiger partial charge in [0.05, 0.1) is 6.61 Å². The molecule has 3 N–H and O–H groups in total. The van der Waals surface area contributed by atoms with Crippen LogP contribution in [-0.2, 0) is 4.79 Å². The van der Waals surface area contributed by atoms with Crippen LogP contribution in [0.5, 0.6) is 5.75 Å². The predicted octanol–water partition coefficient (Wildman–Crippen LogP) is 2.93. The van der Waals surface area contributed by atoms with Crippen molar-refractivity contribution in [3.8, 4) is 5.75 Å². The molecule has 0 bridgehead atoms. The van der Waals surface area contributed by atoms with Crippen LogP contribution in [0.4, 0.5) is 0 Å². The number of amides is 1. The Kier molecular flexibility index (Phi) is 11.2. The van der Waals surface area contributed by atoms with Crippen LogP contribution in [-0.4, -0.2) is 49.6 Å². The van der Waals surface area contributed by atoms with E-state index in [9.17, 15) is 4.79 Å². The molecule has 1 aromatic rings. The molecule has 1 heterocycles. The second-order valence-electron chi connectivity index (χ2n) is 6.88. The molecule has 1 aromatic carbocycles. The fourth-order valence-electron chi connectivity index (χ4n) is 3.21. The number of hydrogen-bond donors (Lipinski definition) is 2. The molecule has 1 aliphatic rings. The number of nitrogens with zero attached hydrogens (tertiary/aromatic N) is 2. The summed E-state index contributed by atoms with van der Waals surface area (Å²) in [5, 5.41) is 3.36. The molecule has 1 atom stereocenters. The number of ether oxygens (including phenoxy) is 1. The van der Waals surface area contributed by atoms with E-state index >= 15 is 0 Å². The predicted molar refractivity (Wildman–Crippen MR) is 121 cm³/mol. The molecule has 1 amide bonds. The zero-order valence-electron chi connectivity index (χ0n) is 16.4. The van der Waals surface area contributed by atoms with Gasteiger partial charge in [0.1, 0.15) is 5.75 Å². The Morgan fingerprint density at radius 2 is 2.11 bits per heavy atom. The number of likely N-dealkylation sites (tertiary alicyclic amines) is 1. The molecule has 1 unspecified atom stereocenters. The quantitative estimate of drug-likeness (QED) is 0.255. The Morgan fingerprint density at radius 1 is 1.37 bits per heavy atom. The summed E-state index contributed by atoms with van der Waals surface area (Å²) in [7, 11) is 0. The van der Waals surface area contributed by atoms with Gasteiger partial charge in [-0.3, -0.25) is 9.79 Å². The number of carbonyl (C=O) groups excluding carboxylic acids is 1. The SMILES string of the molecule is CCNC(=NCCCOc1ccc(C)cc1)N1CCCC(CC(N)=O)C1.I. The fourth-order valence-corrected chi connectivity index (χ4v) is 3.21. The van der Waals surface area contributed by atoms with Gasteiger partial charge in [0.25, 0.3) is 0 Å². The average Bonchev–Trinajstić information content (AvgIpc) is 2.62. The first-order valence-corrected chi connectivity index (χ1v) is 9.59. The number of aliphatic imine (C=N–C) groups is 1. The van der Waals surface area contributed by atoms with Crippen LogP contribution < -0.4 is 15.8 Å². The minimum Gasteiger partial charge on any atom is -0.494 e. The smallest absolute Gasteiger partial charge is 0.217 e. The Morgan fingerprint density at radius 3 is 2.78 bits per heavy atom. The maximum absolute atomic E-state index is 11.2. The molecule has 1 aliphatic heterocycles. The lowest BCUT2D eigenvalue weighted by Crippen LogP contribution is -2.47. The van der Waals surface area contributed by atoms with Crippen LogP contribution in [0.3, 0.4) is 0 Å². The minimum absolute atomic E-state index is 0. The van der Waals surface area contributed by atoms with Gasteiger partial charge in [-0.05, 0) is 44.7 Å². The summed E-state index contributed by atoms with van der Waals surface area (Å²) in [6, 6.07) is 8.09. The van der Waals surface area contributed by atoms with E-state index in [1.54, 1.807) is 0 Å². The Labute approximate surface area is 179 Å². The summed E-state index contributed by atoms with van der Waals surface area (Å²) in [6.45, 7) is 8.14. The largest absolute Gasteiger partial charge is 0.494 e. The molecular formula is C20H33IN4O2. The van der Waals surface area contributed by atoms with Gasteiger partial charge in [-0.1, -0.05) is 17.7 Å². The summed E-state index contributed by atoms with van der Waals surface area (Å²) in [4.78, 5) is 18.2. The van der Waals surface area contributed by atoms with Crippen molar-refractivity contribution in [2.24, 2.45) is 16.6 Å². The highest BCUT2D eigenvalue weighted by Crippen LogP contribution is 2.19. The van der Waals surface area contributed by atoms with Gasteiger partial charge in [-0.2, -0.15) is 0 Å². The second kappa shape index (κ2) is 12.8. The molecule has 0 radical (unpaired) electrons. The van der Waals surface area contributed by atoms with Crippen molar-refractivity contribution in [2.75, 3.05) is 32.8 Å². The molecular weight excluding hydrogens is 455 g/mol. The molecule has 1 saturated heterocycles. The molecule has 2 rings (SSSR count). The molecule has 152 valence electrons. The van der Waals surface area contributed by atoms with Crippen molar-refractivity contribution >= 4 is 35.8 Å². The lowest BCUT2D eigenvalue weighted by molar-refractivity contribution is -0.119. The number of rotatable bonds is 8. The van der Waals surface area contributed by atoms with Crippen molar-refractivity contribution in [3.63, 3.8) is 0 Å². The fraction of sp³-hybridized carbons (Fsp3) is 0.600. The number of benzene rings is 1. The third-order valence-electron chi connectivity index (χ3n) is 4.50. The van der Waals surface area contributed by atoms with Crippen LogP contribution in [0.2, 0.25) is 0 Å². The first kappa shape index (κ1) is 23.5. The van der Waals surface area contributed by atoms with Crippen molar-refractivity contribution in [2.45, 2.75) is 39.5 Å². The third-order valence-corrected chi connectivity index (χ3v) is 4.50. The number of halogens is 1. The monoisotopic (exact) mass is 488 g/mol. The van der Waals surface area contributed by atoms with E-state index in [1.807, 2.05) is 12.1 Å². The van der Waals surface area contributed by atoms with Gasteiger partial charge in [-0.25, -0.2) is 0 Å². The number of nitrogens with one attached hydrogen (secondary N) is 1. The van der Waals surface area contributed by atoms with Crippen LogP contribution >= 0.6 is 24.0 Å². The number of guanidine groups is 1. The van der Waals surface area contributed by atoms with E-state index in [2.05, 4.69) is 36.2 Å². The molecule has 1 fully saturated rings. The van der Waals surface area contributed by atoms with Gasteiger partial charge in [0.15, 0.2) is 5.96 Å². The number of piperidine rings is 1. The number of nitrogens with two attached hydrogens (primary N) is 1. The highest BCUT2D eigenvalue weighted by Gasteiger charge is 2.23. The van der Waals surface area contributed by atoms with E-state index in [0.29, 0.717) is 25.5 Å². The summed E-state index contributed by atoms with van der Waals surface area (Å²) >= 11 is 0. The van der Waals surface area contributed by atoms with E-state index < -0.39 is 0 Å². The minimum atomic E-state index is -0.216. The van der Waals surface area contributed by atoms with E-state index in [0.717, 1.165) is 50.6 Å². The lowest BCUT2D eigenvalue weighted by Gasteiger charge is -2.34. The number of carbonyl (C=O) groups is 1. The molecule has 0 aliphatic carbocycles. The second-order valence-corrected chi connectivity index (χ2v) is 6.88. The first-order valence-electron chi connectivity index (χ1n) is 9.59. The number of primary amides is 1. The maximum atomic E-state index is 11.2. The number of hydrogen-bond acceptors (Lipinski definition) is 3. The maximum Gasteiger partial charge on any atom is 0.217 e. The van der Waals surface area contributed by atoms with Crippen molar-refractivity contribution in [1.29, 1.82) is 0 Å². The van der Waals surface area contributed by atoms with E-state index in [1.165, 1.54) is 5.56 Å². The first-order chi connectivity index (χ1) is 12.6. The molecule has 27 heavy (non-hydrogen) atoms. The lowest BCUT2D eigenvalue weighted by atomic mass is 9.95. The average molecular weight is 488 g/mol. The van der Waals surface area contributed by atoms with Crippen molar-refractivity contribution in [1.82, 2.24) is 10.2 Å². The summed E-state index contributed by atoms with van der Waals surface area (Å²) in [5.74, 6) is 1.94. The normalized spacial score (nSPS) is 17.2. The highest BCUT2D eigenvalue weighted by molar-refractivity contribution is 14.0. The highest BCUT2D eigenvalue weighted by atomic mass is 127. The van der Waals surface area contributed by atoms with Gasteiger partial charge < -0.3 is 20.7 Å². The zero-order chi connectivity index (χ0) is 18.8. The Hall–Kier alpha value is -1.51. The molecule has 0 spiro atoms. The van der Waals surface area contributed by atoms with E-state index in [4.69, 9.17) is 15.5 Å². The van der Waals surface area contributed by atoms with E-state index in [-0.39, 0.29) is 29.9 Å². The molecule has 0 aromatic heterocycles. The third kappa shape index (κ3) is 8.81. The van der Waals surface area contributed by atoms with Gasteiger partial charge in [-0.15, -0.1) is 24.0 Å². The summed E-state index contributed by atoms with van der Waals surface area (Å²) in [5.41, 5.74) is 6.59. The summed E-state index contributed by atoms with van der Waals surface area (Å²) < 4.78 is 5.75. The van der Waals surface area contributed by atoms with Crippen LogP contribution in [0.15, 0.2) is 29.3 Å². The van der Waals surface area contributed by atoms with Gasteiger partial charge in [0.2, 0.25) is 5.91 Å². The molecule has 6 nitrogen and oxygen atoms in total. The Bertz CT molecular complexity index is 592. The van der Waals surface area contributed by atoms with Gasteiger partial charge in [0, 0.05) is 39.0 Å². The standard InChI is InChI=1S/C20H32N4O2.HI/c1-3-22-20(24-12-4-6-17(15-24)14-19(21)25)23-11-5-13-26-18-9-7-16(2)8-10-18;/h7-10,17H,3-6,11-15H2,1-2H3,(H2,21,25)(H,22,23);1H. The van der Waals surface area contributed by atoms with Crippen LogP contribution in [0, 0.1) is 12.8 Å². The summed E-state index contributed by atoms with van der Waals surface area (Å²) in [6.07, 6.45) is 3.45. The zero-order valence-corrected chi connectivity index (χ0v) is 18.8. The van der Waals surface area contributed by atoms with Gasteiger partial charge >= 0.3 is 0 Å². The topological polar surface area (TPSA) is 80.0 Å². The number of aryl methyl sites for hydroxylation is 1. The molecule has 0 saturated carbocycles. The Balaban J connectivity index is 0.00000364. The van der Waals surface area contributed by atoms with Crippen LogP contribution in [0.25, 0.3) is 0 Å². The van der Waals surface area contributed by atoms with Crippen molar-refractivity contribution in [3.05, 3.63) is 29.8 Å². The van der Waals surface area contributed by atoms with Crippen LogP contribution in [0.1, 0.15) is 38.2 Å². The molecule has 7 heteroatoms. The van der Waals surface area contributed by atoms with Crippen molar-refractivity contribution < 1.29 is 9.53 Å².